The van der Waals surface area contributed by atoms with E-state index in [9.17, 15) is 4.79 Å². The smallest absolute Gasteiger partial charge is 0.141 e. The molecule has 2 saturated carbocycles. The number of aromatic nitrogens is 1. The quantitative estimate of drug-likeness (QED) is 0.785. The minimum Gasteiger partial charge on any atom is -0.299 e. The summed E-state index contributed by atoms with van der Waals surface area (Å²) in [6, 6.07) is 0. The highest BCUT2D eigenvalue weighted by atomic mass is 32.1. The van der Waals surface area contributed by atoms with Crippen molar-refractivity contribution < 1.29 is 4.79 Å². The number of rotatable bonds is 3. The zero-order valence-corrected chi connectivity index (χ0v) is 9.50. The molecule has 0 aliphatic heterocycles. The van der Waals surface area contributed by atoms with Crippen molar-refractivity contribution in [1.29, 1.82) is 0 Å². The monoisotopic (exact) mass is 221 g/mol. The summed E-state index contributed by atoms with van der Waals surface area (Å²) in [6.07, 6.45) is 7.72. The van der Waals surface area contributed by atoms with Crippen LogP contribution in [0.3, 0.4) is 0 Å². The molecular formula is C12H15NOS. The molecule has 80 valence electrons. The molecule has 3 rings (SSSR count). The summed E-state index contributed by atoms with van der Waals surface area (Å²) >= 11 is 1.60. The van der Waals surface area contributed by atoms with Gasteiger partial charge in [0.2, 0.25) is 0 Å². The topological polar surface area (TPSA) is 30.0 Å². The molecule has 0 N–H and O–H groups in total. The van der Waals surface area contributed by atoms with Crippen LogP contribution in [-0.4, -0.2) is 10.8 Å². The zero-order chi connectivity index (χ0) is 10.3. The summed E-state index contributed by atoms with van der Waals surface area (Å²) in [5.74, 6) is 2.38. The Bertz CT molecular complexity index is 348. The normalized spacial score (nSPS) is 33.5. The summed E-state index contributed by atoms with van der Waals surface area (Å²) in [4.78, 5) is 17.2. The van der Waals surface area contributed by atoms with Gasteiger partial charge >= 0.3 is 0 Å². The lowest BCUT2D eigenvalue weighted by Gasteiger charge is -2.04. The number of Topliss-reactive ketones (excluding diaryl/α,β-unsaturated/α-hetero) is 1. The van der Waals surface area contributed by atoms with Crippen molar-refractivity contribution in [3.63, 3.8) is 0 Å². The van der Waals surface area contributed by atoms with Gasteiger partial charge in [0.15, 0.2) is 0 Å². The maximum absolute atomic E-state index is 12.0. The van der Waals surface area contributed by atoms with Crippen LogP contribution in [0.5, 0.6) is 0 Å². The van der Waals surface area contributed by atoms with Crippen LogP contribution in [0, 0.1) is 17.8 Å². The van der Waals surface area contributed by atoms with Gasteiger partial charge in [0, 0.05) is 23.4 Å². The summed E-state index contributed by atoms with van der Waals surface area (Å²) < 4.78 is 0. The Morgan fingerprint density at radius 2 is 2.13 bits per heavy atom. The number of ketones is 1. The molecule has 0 saturated heterocycles. The third kappa shape index (κ3) is 1.73. The van der Waals surface area contributed by atoms with E-state index in [1.165, 1.54) is 25.7 Å². The first-order chi connectivity index (χ1) is 7.36. The fraction of sp³-hybridized carbons (Fsp3) is 0.667. The molecule has 15 heavy (non-hydrogen) atoms. The Morgan fingerprint density at radius 3 is 2.73 bits per heavy atom. The van der Waals surface area contributed by atoms with Crippen molar-refractivity contribution in [2.24, 2.45) is 17.8 Å². The van der Waals surface area contributed by atoms with E-state index in [1.807, 2.05) is 11.7 Å². The average molecular weight is 221 g/mol. The molecule has 1 aromatic rings. The van der Waals surface area contributed by atoms with E-state index in [0.717, 1.165) is 16.7 Å². The molecule has 2 aliphatic carbocycles. The highest BCUT2D eigenvalue weighted by molar-refractivity contribution is 7.09. The van der Waals surface area contributed by atoms with Crippen LogP contribution in [0.1, 0.15) is 30.6 Å². The van der Waals surface area contributed by atoms with Gasteiger partial charge in [-0.15, -0.1) is 11.3 Å². The molecule has 2 nitrogen and oxygen atoms in total. The number of hydrogen-bond donors (Lipinski definition) is 0. The fourth-order valence-corrected chi connectivity index (χ4v) is 3.69. The largest absolute Gasteiger partial charge is 0.299 e. The predicted molar refractivity (Wildman–Crippen MR) is 59.8 cm³/mol. The number of hydrogen-bond acceptors (Lipinski definition) is 3. The fourth-order valence-electron chi connectivity index (χ4n) is 3.09. The summed E-state index contributed by atoms with van der Waals surface area (Å²) in [5.41, 5.74) is 1.81. The average Bonchev–Trinajstić information content (AvgIpc) is 2.77. The number of nitrogens with zero attached hydrogens (tertiary/aromatic N) is 1. The van der Waals surface area contributed by atoms with E-state index in [0.29, 0.717) is 18.1 Å². The number of thiazole rings is 1. The molecule has 0 amide bonds. The first kappa shape index (κ1) is 9.52. The lowest BCUT2D eigenvalue weighted by molar-refractivity contribution is -0.120. The van der Waals surface area contributed by atoms with E-state index in [-0.39, 0.29) is 0 Å². The molecule has 0 radical (unpaired) electrons. The summed E-state index contributed by atoms with van der Waals surface area (Å²) in [6.45, 7) is 0. The van der Waals surface area contributed by atoms with Gasteiger partial charge in [0.05, 0.1) is 5.51 Å². The van der Waals surface area contributed by atoms with Crippen molar-refractivity contribution in [3.05, 3.63) is 16.6 Å². The molecule has 2 atom stereocenters. The maximum atomic E-state index is 12.0. The van der Waals surface area contributed by atoms with E-state index in [4.69, 9.17) is 0 Å². The third-order valence-electron chi connectivity index (χ3n) is 3.86. The number of carbonyl (C=O) groups is 1. The molecule has 2 fully saturated rings. The molecule has 2 aliphatic rings. The summed E-state index contributed by atoms with van der Waals surface area (Å²) in [5, 5.41) is 0. The van der Waals surface area contributed by atoms with Gasteiger partial charge in [-0.05, 0) is 24.7 Å². The van der Waals surface area contributed by atoms with Crippen LogP contribution in [0.2, 0.25) is 0 Å². The van der Waals surface area contributed by atoms with Crippen LogP contribution in [0.15, 0.2) is 11.7 Å². The minimum absolute atomic E-state index is 0.412. The van der Waals surface area contributed by atoms with Crippen LogP contribution in [-0.2, 0) is 11.2 Å². The van der Waals surface area contributed by atoms with Gasteiger partial charge in [-0.3, -0.25) is 9.78 Å². The Labute approximate surface area is 93.7 Å². The molecular weight excluding hydrogens is 206 g/mol. The Balaban J connectivity index is 1.62. The van der Waals surface area contributed by atoms with Crippen molar-refractivity contribution in [2.45, 2.75) is 32.1 Å². The van der Waals surface area contributed by atoms with E-state index in [1.54, 1.807) is 11.3 Å². The highest BCUT2D eigenvalue weighted by Gasteiger charge is 2.53. The molecule has 2 unspecified atom stereocenters. The van der Waals surface area contributed by atoms with Gasteiger partial charge in [0.25, 0.3) is 0 Å². The maximum Gasteiger partial charge on any atom is 0.141 e. The summed E-state index contributed by atoms with van der Waals surface area (Å²) in [7, 11) is 0. The lowest BCUT2D eigenvalue weighted by Crippen LogP contribution is -2.06. The lowest BCUT2D eigenvalue weighted by atomic mass is 10.0. The van der Waals surface area contributed by atoms with Gasteiger partial charge in [-0.25, -0.2) is 0 Å². The van der Waals surface area contributed by atoms with Crippen molar-refractivity contribution in [2.75, 3.05) is 0 Å². The highest BCUT2D eigenvalue weighted by Crippen LogP contribution is 2.56. The second kappa shape index (κ2) is 3.71. The molecule has 0 aromatic carbocycles. The molecule has 1 aromatic heterocycles. The Morgan fingerprint density at radius 1 is 1.40 bits per heavy atom. The van der Waals surface area contributed by atoms with Crippen molar-refractivity contribution in [1.82, 2.24) is 4.98 Å². The molecule has 1 heterocycles. The zero-order valence-electron chi connectivity index (χ0n) is 8.69. The SMILES string of the molecule is O=C(Cc1cncs1)C1C2CCCCC21. The standard InChI is InChI=1S/C12H15NOS/c14-11(5-8-6-13-7-15-8)12-9-3-1-2-4-10(9)12/h6-7,9-10,12H,1-5H2. The minimum atomic E-state index is 0.412. The van der Waals surface area contributed by atoms with Crippen molar-refractivity contribution >= 4 is 17.1 Å². The van der Waals surface area contributed by atoms with Gasteiger partial charge in [-0.1, -0.05) is 12.8 Å². The van der Waals surface area contributed by atoms with Crippen LogP contribution < -0.4 is 0 Å². The molecule has 3 heteroatoms. The van der Waals surface area contributed by atoms with Crippen LogP contribution in [0.4, 0.5) is 0 Å². The molecule has 0 spiro atoms. The second-order valence-corrected chi connectivity index (χ2v) is 5.72. The van der Waals surface area contributed by atoms with Gasteiger partial charge in [0.1, 0.15) is 5.78 Å². The Kier molecular flexibility index (Phi) is 2.35. The molecule has 0 bridgehead atoms. The van der Waals surface area contributed by atoms with Gasteiger partial charge < -0.3 is 0 Å². The van der Waals surface area contributed by atoms with E-state index in [2.05, 4.69) is 4.98 Å². The van der Waals surface area contributed by atoms with Gasteiger partial charge in [-0.2, -0.15) is 0 Å². The van der Waals surface area contributed by atoms with E-state index < -0.39 is 0 Å². The number of carbonyl (C=O) groups excluding carboxylic acids is 1. The predicted octanol–water partition coefficient (Wildman–Crippen LogP) is 2.69. The Hall–Kier alpha value is -0.700. The second-order valence-electron chi connectivity index (χ2n) is 4.75. The first-order valence-electron chi connectivity index (χ1n) is 5.76. The van der Waals surface area contributed by atoms with Crippen LogP contribution >= 0.6 is 11.3 Å². The van der Waals surface area contributed by atoms with Crippen LogP contribution in [0.25, 0.3) is 0 Å². The van der Waals surface area contributed by atoms with Crippen molar-refractivity contribution in [3.8, 4) is 0 Å². The number of fused-ring (bicyclic) bond motifs is 1. The van der Waals surface area contributed by atoms with E-state index >= 15 is 0 Å². The third-order valence-corrected chi connectivity index (χ3v) is 4.64. The first-order valence-corrected chi connectivity index (χ1v) is 6.64.